The number of nitrogens with two attached hydrogens (primary N) is 1. The smallest absolute Gasteiger partial charge is 0.459 e. The Morgan fingerprint density at radius 3 is 2.28 bits per heavy atom. The number of rotatable bonds is 8. The maximum Gasteiger partial charge on any atom is 0.459 e. The number of β-amino-alcohol motifs (C(OH)–C–C–N with tert-alkyl or cyclic N) is 1. The molecule has 198 valence electrons. The van der Waals surface area contributed by atoms with E-state index in [-0.39, 0.29) is 17.2 Å². The molecular formula is C22H22Cl2F5N3O4. The van der Waals surface area contributed by atoms with Crippen molar-refractivity contribution in [2.45, 2.75) is 43.7 Å². The average molecular weight is 558 g/mol. The Bertz CT molecular complexity index is 1170. The topological polar surface area (TPSA) is 97.8 Å². The Hall–Kier alpha value is -2.41. The number of halogens is 7. The van der Waals surface area contributed by atoms with Crippen molar-refractivity contribution in [1.29, 1.82) is 0 Å². The molecule has 36 heavy (non-hydrogen) atoms. The number of carbonyl (C=O) groups is 1. The van der Waals surface area contributed by atoms with E-state index in [1.807, 2.05) is 0 Å². The second kappa shape index (κ2) is 10.9. The molecule has 1 aromatic heterocycles. The number of piperidine rings is 1. The van der Waals surface area contributed by atoms with E-state index in [1.54, 1.807) is 23.1 Å². The summed E-state index contributed by atoms with van der Waals surface area (Å²) in [5, 5.41) is 11.2. The first-order chi connectivity index (χ1) is 16.7. The molecule has 14 heteroatoms. The Balaban J connectivity index is 1.69. The van der Waals surface area contributed by atoms with Crippen LogP contribution in [-0.4, -0.2) is 58.5 Å². The zero-order valence-electron chi connectivity index (χ0n) is 18.6. The number of alkyl halides is 5. The highest BCUT2D eigenvalue weighted by Crippen LogP contribution is 2.44. The van der Waals surface area contributed by atoms with Crippen LogP contribution in [0.3, 0.4) is 0 Å². The van der Waals surface area contributed by atoms with Crippen molar-refractivity contribution in [1.82, 2.24) is 9.47 Å². The molecule has 0 spiro atoms. The predicted octanol–water partition coefficient (Wildman–Crippen LogP) is 3.81. The zero-order chi connectivity index (χ0) is 26.8. The highest BCUT2D eigenvalue weighted by Gasteiger charge is 2.61. The monoisotopic (exact) mass is 557 g/mol. The molecule has 3 rings (SSSR count). The maximum absolute atomic E-state index is 14.3. The van der Waals surface area contributed by atoms with Crippen molar-refractivity contribution < 1.29 is 36.6 Å². The summed E-state index contributed by atoms with van der Waals surface area (Å²) >= 11 is 11.9. The third kappa shape index (κ3) is 6.28. The number of likely N-dealkylation sites (tertiary alicyclic amines) is 1. The molecule has 0 aliphatic carbocycles. The molecule has 1 aliphatic rings. The number of aliphatic hydroxyl groups excluding tert-OH is 1. The molecular weight excluding hydrogens is 536 g/mol. The van der Waals surface area contributed by atoms with Crippen molar-refractivity contribution in [2.75, 3.05) is 19.6 Å². The van der Waals surface area contributed by atoms with Gasteiger partial charge in [0.25, 0.3) is 11.5 Å². The molecule has 0 saturated carbocycles. The Labute approximate surface area is 212 Å². The molecule has 3 N–H and O–H groups in total. The highest BCUT2D eigenvalue weighted by atomic mass is 35.5. The molecule has 1 fully saturated rings. The van der Waals surface area contributed by atoms with Gasteiger partial charge in [-0.25, -0.2) is 0 Å². The van der Waals surface area contributed by atoms with Crippen LogP contribution in [0, 0.1) is 0 Å². The lowest BCUT2D eigenvalue weighted by molar-refractivity contribution is -0.292. The molecule has 7 nitrogen and oxygen atoms in total. The van der Waals surface area contributed by atoms with Crippen LogP contribution in [0.25, 0.3) is 0 Å². The van der Waals surface area contributed by atoms with Gasteiger partial charge in [0.2, 0.25) is 0 Å². The number of hydrogen-bond acceptors (Lipinski definition) is 5. The normalized spacial score (nSPS) is 16.7. The quantitative estimate of drug-likeness (QED) is 0.481. The minimum absolute atomic E-state index is 0.0540. The molecule has 0 unspecified atom stereocenters. The average Bonchev–Trinajstić information content (AvgIpc) is 2.77. The molecule has 1 atom stereocenters. The third-order valence-corrected chi connectivity index (χ3v) is 6.43. The molecule has 1 aliphatic heterocycles. The van der Waals surface area contributed by atoms with Crippen LogP contribution in [0.15, 0.2) is 35.1 Å². The first-order valence-electron chi connectivity index (χ1n) is 10.7. The Morgan fingerprint density at radius 1 is 1.08 bits per heavy atom. The van der Waals surface area contributed by atoms with E-state index in [4.69, 9.17) is 33.7 Å². The highest BCUT2D eigenvalue weighted by molar-refractivity contribution is 6.42. The third-order valence-electron chi connectivity index (χ3n) is 5.69. The van der Waals surface area contributed by atoms with Crippen molar-refractivity contribution in [3.05, 3.63) is 62.0 Å². The maximum atomic E-state index is 14.3. The van der Waals surface area contributed by atoms with Crippen LogP contribution in [0.4, 0.5) is 22.0 Å². The van der Waals surface area contributed by atoms with E-state index in [9.17, 15) is 36.6 Å². The molecule has 1 aromatic carbocycles. The minimum Gasteiger partial charge on any atom is -0.490 e. The van der Waals surface area contributed by atoms with Gasteiger partial charge in [-0.15, -0.1) is 0 Å². The molecule has 0 radical (unpaired) electrons. The number of pyridine rings is 1. The van der Waals surface area contributed by atoms with Gasteiger partial charge in [-0.05, 0) is 31.0 Å². The van der Waals surface area contributed by atoms with E-state index in [0.29, 0.717) is 53.9 Å². The number of aromatic nitrogens is 1. The lowest BCUT2D eigenvalue weighted by atomic mass is 10.1. The van der Waals surface area contributed by atoms with E-state index in [0.717, 1.165) is 0 Å². The van der Waals surface area contributed by atoms with Crippen LogP contribution < -0.4 is 16.0 Å². The van der Waals surface area contributed by atoms with Gasteiger partial charge in [-0.2, -0.15) is 22.0 Å². The first-order valence-corrected chi connectivity index (χ1v) is 11.5. The van der Waals surface area contributed by atoms with E-state index in [2.05, 4.69) is 0 Å². The van der Waals surface area contributed by atoms with Crippen molar-refractivity contribution >= 4 is 29.1 Å². The summed E-state index contributed by atoms with van der Waals surface area (Å²) in [6.07, 6.45) is -6.72. The fourth-order valence-corrected chi connectivity index (χ4v) is 4.24. The van der Waals surface area contributed by atoms with Crippen LogP contribution in [0.5, 0.6) is 5.75 Å². The molecule has 2 aromatic rings. The zero-order valence-corrected chi connectivity index (χ0v) is 20.1. The first kappa shape index (κ1) is 28.2. The summed E-state index contributed by atoms with van der Waals surface area (Å²) in [6.45, 7) is -0.180. The second-order valence-corrected chi connectivity index (χ2v) is 9.14. The van der Waals surface area contributed by atoms with Crippen molar-refractivity contribution in [2.24, 2.45) is 5.73 Å². The van der Waals surface area contributed by atoms with Crippen molar-refractivity contribution in [3.63, 3.8) is 0 Å². The number of aliphatic hydroxyl groups is 1. The number of carbonyl (C=O) groups excluding carboxylic acids is 1. The van der Waals surface area contributed by atoms with Gasteiger partial charge in [0.05, 0.1) is 28.3 Å². The van der Waals surface area contributed by atoms with Gasteiger partial charge >= 0.3 is 12.1 Å². The molecule has 1 saturated heterocycles. The van der Waals surface area contributed by atoms with Gasteiger partial charge in [-0.3, -0.25) is 9.59 Å². The fraction of sp³-hybridized carbons (Fsp3) is 0.455. The molecule has 1 amide bonds. The number of hydrogen-bond donors (Lipinski definition) is 2. The summed E-state index contributed by atoms with van der Waals surface area (Å²) in [4.78, 5) is 25.6. The number of primary amides is 1. The molecule has 0 bridgehead atoms. The van der Waals surface area contributed by atoms with E-state index < -0.39 is 47.5 Å². The molecule has 2 heterocycles. The lowest BCUT2D eigenvalue weighted by Crippen LogP contribution is -2.46. The van der Waals surface area contributed by atoms with Crippen LogP contribution in [-0.2, 0) is 12.5 Å². The Morgan fingerprint density at radius 2 is 1.72 bits per heavy atom. The summed E-state index contributed by atoms with van der Waals surface area (Å²) in [6, 6.07) is 6.00. The van der Waals surface area contributed by atoms with Gasteiger partial charge in [-0.1, -0.05) is 23.2 Å². The lowest BCUT2D eigenvalue weighted by Gasteiger charge is -2.33. The predicted molar refractivity (Wildman–Crippen MR) is 122 cm³/mol. The Kier molecular flexibility index (Phi) is 8.54. The number of benzene rings is 1. The number of ether oxygens (including phenoxy) is 1. The summed E-state index contributed by atoms with van der Waals surface area (Å²) in [5.41, 5.74) is 0.679. The largest absolute Gasteiger partial charge is 0.490 e. The SMILES string of the molecule is NC(=O)c1ccc(=O)n(C[C@H](O)CN2CCC(Oc3ccc(Cl)c(Cl)c3)CC2)c1C(F)(F)C(F)(F)F. The van der Waals surface area contributed by atoms with Crippen LogP contribution in [0.2, 0.25) is 10.0 Å². The summed E-state index contributed by atoms with van der Waals surface area (Å²) in [7, 11) is 0. The summed E-state index contributed by atoms with van der Waals surface area (Å²) in [5.74, 6) is -6.60. The standard InChI is InChI=1S/C22H22Cl2F5N3O4/c23-16-3-1-14(9-17(16)24)36-13-5-7-31(8-6-13)10-12(33)11-32-18(34)4-2-15(20(30)35)19(32)21(25,26)22(27,28)29/h1-4,9,12-13,33H,5-8,10-11H2,(H2,30,35)/t12-/m1/s1. The van der Waals surface area contributed by atoms with Crippen LogP contribution >= 0.6 is 23.2 Å². The second-order valence-electron chi connectivity index (χ2n) is 8.33. The summed E-state index contributed by atoms with van der Waals surface area (Å²) < 4.78 is 73.8. The fourth-order valence-electron chi connectivity index (χ4n) is 3.95. The van der Waals surface area contributed by atoms with E-state index in [1.165, 1.54) is 0 Å². The number of amides is 1. The van der Waals surface area contributed by atoms with Gasteiger partial charge < -0.3 is 25.0 Å². The number of nitrogens with zero attached hydrogens (tertiary/aromatic N) is 2. The van der Waals surface area contributed by atoms with E-state index >= 15 is 0 Å². The van der Waals surface area contributed by atoms with Gasteiger partial charge in [0.1, 0.15) is 17.5 Å². The van der Waals surface area contributed by atoms with Crippen molar-refractivity contribution in [3.8, 4) is 5.75 Å². The van der Waals surface area contributed by atoms with Crippen LogP contribution in [0.1, 0.15) is 28.9 Å². The minimum atomic E-state index is -6.10. The van der Waals surface area contributed by atoms with Gasteiger partial charge in [0.15, 0.2) is 0 Å². The van der Waals surface area contributed by atoms with Gasteiger partial charge in [0, 0.05) is 31.8 Å².